The monoisotopic (exact) mass is 268 g/mol. The molecule has 1 atom stereocenters. The molecule has 1 unspecified atom stereocenters. The molecule has 1 saturated heterocycles. The van der Waals surface area contributed by atoms with E-state index in [1.54, 1.807) is 6.07 Å². The molecule has 100 valence electrons. The van der Waals surface area contributed by atoms with Crippen molar-refractivity contribution in [3.05, 3.63) is 29.6 Å². The molecule has 0 aliphatic carbocycles. The summed E-state index contributed by atoms with van der Waals surface area (Å²) < 4.78 is 13.3. The lowest BCUT2D eigenvalue weighted by Gasteiger charge is -2.34. The lowest BCUT2D eigenvalue weighted by molar-refractivity contribution is 0.584. The molecule has 1 aliphatic heterocycles. The Bertz CT molecular complexity index is 401. The highest BCUT2D eigenvalue weighted by Gasteiger charge is 2.21. The van der Waals surface area contributed by atoms with Gasteiger partial charge in [-0.15, -0.1) is 0 Å². The molecule has 0 aromatic heterocycles. The van der Waals surface area contributed by atoms with Gasteiger partial charge in [-0.1, -0.05) is 0 Å². The molecule has 1 aromatic carbocycles. The van der Waals surface area contributed by atoms with E-state index in [0.717, 1.165) is 29.6 Å². The van der Waals surface area contributed by atoms with Crippen LogP contribution < -0.4 is 10.6 Å². The van der Waals surface area contributed by atoms with Crippen molar-refractivity contribution in [2.45, 2.75) is 31.1 Å². The Morgan fingerprint density at radius 1 is 1.39 bits per heavy atom. The standard InChI is InChI=1S/C14H21FN2S/c1-10(16)13-9-11(15)3-4-14(13)17-7-5-12(18-2)6-8-17/h3-4,9-10,12H,5-8,16H2,1-2H3. The predicted molar refractivity (Wildman–Crippen MR) is 77.8 cm³/mol. The SMILES string of the molecule is CSC1CCN(c2ccc(F)cc2C(C)N)CC1. The average Bonchev–Trinajstić information content (AvgIpc) is 2.39. The Labute approximate surface area is 113 Å². The minimum atomic E-state index is -0.204. The van der Waals surface area contributed by atoms with Gasteiger partial charge in [0.05, 0.1) is 0 Å². The van der Waals surface area contributed by atoms with Crippen LogP contribution in [0.15, 0.2) is 18.2 Å². The molecule has 0 radical (unpaired) electrons. The molecule has 0 amide bonds. The second-order valence-electron chi connectivity index (χ2n) is 4.91. The second-order valence-corrected chi connectivity index (χ2v) is 6.05. The van der Waals surface area contributed by atoms with Crippen molar-refractivity contribution in [3.63, 3.8) is 0 Å². The third kappa shape index (κ3) is 2.98. The van der Waals surface area contributed by atoms with Crippen LogP contribution in [0.3, 0.4) is 0 Å². The summed E-state index contributed by atoms with van der Waals surface area (Å²) in [6.45, 7) is 3.99. The summed E-state index contributed by atoms with van der Waals surface area (Å²) in [7, 11) is 0. The van der Waals surface area contributed by atoms with Gasteiger partial charge >= 0.3 is 0 Å². The van der Waals surface area contributed by atoms with E-state index in [4.69, 9.17) is 5.73 Å². The molecule has 2 N–H and O–H groups in total. The van der Waals surface area contributed by atoms with Gasteiger partial charge in [0.15, 0.2) is 0 Å². The number of nitrogens with two attached hydrogens (primary N) is 1. The Morgan fingerprint density at radius 2 is 2.06 bits per heavy atom. The van der Waals surface area contributed by atoms with Crippen molar-refractivity contribution < 1.29 is 4.39 Å². The first-order chi connectivity index (χ1) is 8.61. The van der Waals surface area contributed by atoms with E-state index in [2.05, 4.69) is 11.2 Å². The maximum absolute atomic E-state index is 13.3. The number of benzene rings is 1. The van der Waals surface area contributed by atoms with Crippen molar-refractivity contribution in [1.29, 1.82) is 0 Å². The van der Waals surface area contributed by atoms with Gasteiger partial charge in [0.2, 0.25) is 0 Å². The van der Waals surface area contributed by atoms with E-state index in [9.17, 15) is 4.39 Å². The molecule has 18 heavy (non-hydrogen) atoms. The van der Waals surface area contributed by atoms with Crippen LogP contribution in [0, 0.1) is 5.82 Å². The summed E-state index contributed by atoms with van der Waals surface area (Å²) in [5, 5.41) is 0.764. The summed E-state index contributed by atoms with van der Waals surface area (Å²) in [6.07, 6.45) is 4.56. The molecular weight excluding hydrogens is 247 g/mol. The van der Waals surface area contributed by atoms with E-state index < -0.39 is 0 Å². The third-order valence-electron chi connectivity index (χ3n) is 3.60. The van der Waals surface area contributed by atoms with Crippen molar-refractivity contribution in [1.82, 2.24) is 0 Å². The topological polar surface area (TPSA) is 29.3 Å². The summed E-state index contributed by atoms with van der Waals surface area (Å²) in [4.78, 5) is 2.34. The molecule has 2 rings (SSSR count). The van der Waals surface area contributed by atoms with Gasteiger partial charge in [0.25, 0.3) is 0 Å². The summed E-state index contributed by atoms with van der Waals surface area (Å²) in [5.41, 5.74) is 7.96. The van der Waals surface area contributed by atoms with E-state index in [1.807, 2.05) is 24.8 Å². The van der Waals surface area contributed by atoms with E-state index in [1.165, 1.54) is 18.9 Å². The van der Waals surface area contributed by atoms with Crippen molar-refractivity contribution >= 4 is 17.4 Å². The zero-order chi connectivity index (χ0) is 13.1. The van der Waals surface area contributed by atoms with Gasteiger partial charge < -0.3 is 10.6 Å². The van der Waals surface area contributed by atoms with Crippen LogP contribution in [-0.4, -0.2) is 24.6 Å². The molecule has 1 fully saturated rings. The summed E-state index contributed by atoms with van der Waals surface area (Å²) >= 11 is 1.94. The van der Waals surface area contributed by atoms with Gasteiger partial charge in [-0.25, -0.2) is 4.39 Å². The molecule has 1 aromatic rings. The van der Waals surface area contributed by atoms with E-state index in [0.29, 0.717) is 0 Å². The number of thioether (sulfide) groups is 1. The first-order valence-electron chi connectivity index (χ1n) is 6.44. The molecule has 4 heteroatoms. The number of piperidine rings is 1. The highest BCUT2D eigenvalue weighted by Crippen LogP contribution is 2.30. The molecule has 1 aliphatic rings. The van der Waals surface area contributed by atoms with Crippen LogP contribution in [0.1, 0.15) is 31.4 Å². The van der Waals surface area contributed by atoms with Crippen LogP contribution >= 0.6 is 11.8 Å². The fourth-order valence-corrected chi connectivity index (χ4v) is 3.19. The number of rotatable bonds is 3. The van der Waals surface area contributed by atoms with Gasteiger partial charge in [-0.05, 0) is 49.8 Å². The van der Waals surface area contributed by atoms with Crippen molar-refractivity contribution in [2.24, 2.45) is 5.73 Å². The van der Waals surface area contributed by atoms with Gasteiger partial charge in [-0.3, -0.25) is 0 Å². The first-order valence-corrected chi connectivity index (χ1v) is 7.73. The largest absolute Gasteiger partial charge is 0.371 e. The third-order valence-corrected chi connectivity index (χ3v) is 4.73. The zero-order valence-electron chi connectivity index (χ0n) is 11.0. The van der Waals surface area contributed by atoms with Crippen LogP contribution in [0.5, 0.6) is 0 Å². The number of hydrogen-bond donors (Lipinski definition) is 1. The lowest BCUT2D eigenvalue weighted by atomic mass is 10.0. The van der Waals surface area contributed by atoms with Gasteiger partial charge in [0, 0.05) is 30.1 Å². The molecule has 0 saturated carbocycles. The Balaban J connectivity index is 2.18. The number of hydrogen-bond acceptors (Lipinski definition) is 3. The minimum Gasteiger partial charge on any atom is -0.371 e. The molecule has 1 heterocycles. The van der Waals surface area contributed by atoms with Gasteiger partial charge in [0.1, 0.15) is 5.82 Å². The van der Waals surface area contributed by atoms with Crippen LogP contribution in [-0.2, 0) is 0 Å². The Kier molecular flexibility index (Phi) is 4.51. The quantitative estimate of drug-likeness (QED) is 0.913. The second kappa shape index (κ2) is 5.93. The minimum absolute atomic E-state index is 0.131. The Hall–Kier alpha value is -0.740. The predicted octanol–water partition coefficient (Wildman–Crippen LogP) is 3.18. The smallest absolute Gasteiger partial charge is 0.123 e. The normalized spacial score (nSPS) is 19.0. The van der Waals surface area contributed by atoms with Crippen LogP contribution in [0.2, 0.25) is 0 Å². The van der Waals surface area contributed by atoms with Crippen molar-refractivity contribution in [3.8, 4) is 0 Å². The highest BCUT2D eigenvalue weighted by atomic mass is 32.2. The molecular formula is C14H21FN2S. The van der Waals surface area contributed by atoms with Crippen LogP contribution in [0.4, 0.5) is 10.1 Å². The van der Waals surface area contributed by atoms with Gasteiger partial charge in [-0.2, -0.15) is 11.8 Å². The number of anilines is 1. The Morgan fingerprint density at radius 3 is 2.61 bits per heavy atom. The maximum atomic E-state index is 13.3. The molecule has 0 spiro atoms. The number of nitrogens with zero attached hydrogens (tertiary/aromatic N) is 1. The van der Waals surface area contributed by atoms with E-state index in [-0.39, 0.29) is 11.9 Å². The van der Waals surface area contributed by atoms with Crippen molar-refractivity contribution in [2.75, 3.05) is 24.2 Å². The fourth-order valence-electron chi connectivity index (χ4n) is 2.51. The maximum Gasteiger partial charge on any atom is 0.123 e. The first kappa shape index (κ1) is 13.7. The molecule has 2 nitrogen and oxygen atoms in total. The fraction of sp³-hybridized carbons (Fsp3) is 0.571. The lowest BCUT2D eigenvalue weighted by Crippen LogP contribution is -2.35. The number of halogens is 1. The van der Waals surface area contributed by atoms with E-state index >= 15 is 0 Å². The molecule has 0 bridgehead atoms. The van der Waals surface area contributed by atoms with Crippen LogP contribution in [0.25, 0.3) is 0 Å². The average molecular weight is 268 g/mol. The summed E-state index contributed by atoms with van der Waals surface area (Å²) in [5.74, 6) is -0.204. The highest BCUT2D eigenvalue weighted by molar-refractivity contribution is 7.99. The zero-order valence-corrected chi connectivity index (χ0v) is 11.8. The summed E-state index contributed by atoms with van der Waals surface area (Å²) in [6, 6.07) is 4.84.